The van der Waals surface area contributed by atoms with Gasteiger partial charge in [0, 0.05) is 6.54 Å². The van der Waals surface area contributed by atoms with Crippen LogP contribution in [-0.2, 0) is 17.8 Å². The van der Waals surface area contributed by atoms with E-state index in [0.29, 0.717) is 12.1 Å². The number of carboxylic acid groups (broad SMARTS) is 1. The minimum absolute atomic E-state index is 0.0657. The van der Waals surface area contributed by atoms with Crippen LogP contribution >= 0.6 is 23.2 Å². The monoisotopic (exact) mass is 508 g/mol. The number of aryl methyl sites for hydroxylation is 1. The maximum atomic E-state index is 12.4. The number of hydrogen-bond donors (Lipinski definition) is 2. The molecule has 0 saturated heterocycles. The van der Waals surface area contributed by atoms with Crippen LogP contribution in [0.5, 0.6) is 5.75 Å². The third kappa shape index (κ3) is 7.61. The van der Waals surface area contributed by atoms with E-state index in [4.69, 9.17) is 33.0 Å². The number of nitriles is 1. The van der Waals surface area contributed by atoms with Crippen molar-refractivity contribution >= 4 is 41.2 Å². The van der Waals surface area contributed by atoms with Crippen LogP contribution in [0.25, 0.3) is 6.08 Å². The van der Waals surface area contributed by atoms with Crippen LogP contribution in [0.4, 0.5) is 0 Å². The molecule has 0 aliphatic heterocycles. The number of aromatic carboxylic acids is 1. The zero-order valence-corrected chi connectivity index (χ0v) is 20.1. The molecular formula is C27H22Cl2N2O4. The van der Waals surface area contributed by atoms with Crippen molar-refractivity contribution in [2.45, 2.75) is 19.4 Å². The lowest BCUT2D eigenvalue weighted by Crippen LogP contribution is -2.25. The number of nitrogens with one attached hydrogen (secondary N) is 1. The molecule has 3 aromatic carbocycles. The minimum Gasteiger partial charge on any atom is -0.486 e. The Morgan fingerprint density at radius 1 is 1.00 bits per heavy atom. The van der Waals surface area contributed by atoms with Gasteiger partial charge in [-0.15, -0.1) is 0 Å². The highest BCUT2D eigenvalue weighted by Gasteiger charge is 2.13. The van der Waals surface area contributed by atoms with Crippen LogP contribution in [0.3, 0.4) is 0 Å². The van der Waals surface area contributed by atoms with Gasteiger partial charge in [0.25, 0.3) is 5.91 Å². The quantitative estimate of drug-likeness (QED) is 0.201. The zero-order chi connectivity index (χ0) is 25.2. The SMILES string of the molecule is N#C/C(=C/c1cc(Cl)c(OCc2ccc(C(=O)O)cc2)c(Cl)c1)C(=O)NCCCc1ccccc1. The van der Waals surface area contributed by atoms with E-state index in [1.807, 2.05) is 36.4 Å². The molecule has 3 rings (SSSR count). The van der Waals surface area contributed by atoms with Gasteiger partial charge in [0.1, 0.15) is 18.2 Å². The molecule has 3 aromatic rings. The van der Waals surface area contributed by atoms with Gasteiger partial charge in [-0.05, 0) is 59.9 Å². The molecule has 0 unspecified atom stereocenters. The molecule has 0 bridgehead atoms. The first-order chi connectivity index (χ1) is 16.9. The van der Waals surface area contributed by atoms with Gasteiger partial charge < -0.3 is 15.2 Å². The van der Waals surface area contributed by atoms with Crippen LogP contribution in [0.1, 0.15) is 33.5 Å². The third-order valence-corrected chi connectivity index (χ3v) is 5.61. The average molecular weight is 509 g/mol. The van der Waals surface area contributed by atoms with E-state index in [9.17, 15) is 14.9 Å². The van der Waals surface area contributed by atoms with Crippen LogP contribution < -0.4 is 10.1 Å². The molecule has 0 radical (unpaired) electrons. The Morgan fingerprint density at radius 3 is 2.26 bits per heavy atom. The minimum atomic E-state index is -1.01. The topological polar surface area (TPSA) is 99.4 Å². The molecule has 0 aromatic heterocycles. The summed E-state index contributed by atoms with van der Waals surface area (Å²) >= 11 is 12.7. The molecule has 1 amide bonds. The number of benzene rings is 3. The molecular weight excluding hydrogens is 487 g/mol. The molecule has 0 spiro atoms. The van der Waals surface area contributed by atoms with Crippen molar-refractivity contribution in [3.63, 3.8) is 0 Å². The first kappa shape index (κ1) is 25.8. The Morgan fingerprint density at radius 2 is 1.66 bits per heavy atom. The first-order valence-corrected chi connectivity index (χ1v) is 11.5. The lowest BCUT2D eigenvalue weighted by Gasteiger charge is -2.11. The average Bonchev–Trinajstić information content (AvgIpc) is 2.85. The molecule has 2 N–H and O–H groups in total. The second-order valence-corrected chi connectivity index (χ2v) is 8.43. The van der Waals surface area contributed by atoms with E-state index < -0.39 is 11.9 Å². The van der Waals surface area contributed by atoms with Crippen LogP contribution in [-0.4, -0.2) is 23.5 Å². The number of amides is 1. The zero-order valence-electron chi connectivity index (χ0n) is 18.6. The highest BCUT2D eigenvalue weighted by Crippen LogP contribution is 2.35. The maximum Gasteiger partial charge on any atom is 0.335 e. The van der Waals surface area contributed by atoms with Gasteiger partial charge in [0.05, 0.1) is 15.6 Å². The highest BCUT2D eigenvalue weighted by atomic mass is 35.5. The lowest BCUT2D eigenvalue weighted by atomic mass is 10.1. The summed E-state index contributed by atoms with van der Waals surface area (Å²) in [6.07, 6.45) is 2.99. The molecule has 0 atom stereocenters. The Bertz CT molecular complexity index is 1240. The van der Waals surface area contributed by atoms with Gasteiger partial charge in [0.2, 0.25) is 0 Å². The molecule has 8 heteroatoms. The van der Waals surface area contributed by atoms with Crippen molar-refractivity contribution in [1.82, 2.24) is 5.32 Å². The Hall–Kier alpha value is -3.79. The van der Waals surface area contributed by atoms with Crippen molar-refractivity contribution in [2.75, 3.05) is 6.54 Å². The van der Waals surface area contributed by atoms with Crippen molar-refractivity contribution in [2.24, 2.45) is 0 Å². The summed E-state index contributed by atoms with van der Waals surface area (Å²) in [4.78, 5) is 23.4. The summed E-state index contributed by atoms with van der Waals surface area (Å²) in [7, 11) is 0. The first-order valence-electron chi connectivity index (χ1n) is 10.8. The van der Waals surface area contributed by atoms with E-state index in [1.54, 1.807) is 24.3 Å². The second-order valence-electron chi connectivity index (χ2n) is 7.62. The Balaban J connectivity index is 1.60. The number of ether oxygens (including phenoxy) is 1. The fourth-order valence-corrected chi connectivity index (χ4v) is 3.86. The van der Waals surface area contributed by atoms with E-state index in [1.165, 1.54) is 23.8 Å². The number of halogens is 2. The van der Waals surface area contributed by atoms with E-state index >= 15 is 0 Å². The normalized spacial score (nSPS) is 10.9. The Labute approximate surface area is 213 Å². The van der Waals surface area contributed by atoms with Gasteiger partial charge in [-0.1, -0.05) is 65.7 Å². The van der Waals surface area contributed by atoms with Gasteiger partial charge in [-0.25, -0.2) is 4.79 Å². The summed E-state index contributed by atoms with van der Waals surface area (Å²) in [6.45, 7) is 0.567. The molecule has 0 saturated carbocycles. The smallest absolute Gasteiger partial charge is 0.335 e. The summed E-state index contributed by atoms with van der Waals surface area (Å²) in [5, 5.41) is 21.6. The number of carboxylic acids is 1. The Kier molecular flexibility index (Phi) is 9.31. The molecule has 6 nitrogen and oxygen atoms in total. The summed E-state index contributed by atoms with van der Waals surface area (Å²) < 4.78 is 5.71. The van der Waals surface area contributed by atoms with Gasteiger partial charge >= 0.3 is 5.97 Å². The maximum absolute atomic E-state index is 12.4. The van der Waals surface area contributed by atoms with Crippen LogP contribution in [0.15, 0.2) is 72.3 Å². The predicted octanol–water partition coefficient (Wildman–Crippen LogP) is 5.93. The van der Waals surface area contributed by atoms with Crippen molar-refractivity contribution in [3.8, 4) is 11.8 Å². The molecule has 0 heterocycles. The van der Waals surface area contributed by atoms with Crippen LogP contribution in [0, 0.1) is 11.3 Å². The lowest BCUT2D eigenvalue weighted by molar-refractivity contribution is -0.117. The number of rotatable bonds is 10. The number of nitrogens with zero attached hydrogens (tertiary/aromatic N) is 1. The van der Waals surface area contributed by atoms with Gasteiger partial charge in [-0.2, -0.15) is 5.26 Å². The molecule has 0 aliphatic carbocycles. The van der Waals surface area contributed by atoms with Gasteiger partial charge in [-0.3, -0.25) is 4.79 Å². The van der Waals surface area contributed by atoms with Gasteiger partial charge in [0.15, 0.2) is 5.75 Å². The molecule has 0 fully saturated rings. The summed E-state index contributed by atoms with van der Waals surface area (Å²) in [5.74, 6) is -1.24. The third-order valence-electron chi connectivity index (χ3n) is 5.05. The fraction of sp³-hybridized carbons (Fsp3) is 0.148. The number of hydrogen-bond acceptors (Lipinski definition) is 4. The molecule has 178 valence electrons. The van der Waals surface area contributed by atoms with Crippen LogP contribution in [0.2, 0.25) is 10.0 Å². The molecule has 0 aliphatic rings. The summed E-state index contributed by atoms with van der Waals surface area (Å²) in [6, 6.07) is 21.2. The number of carbonyl (C=O) groups excluding carboxylic acids is 1. The largest absolute Gasteiger partial charge is 0.486 e. The van der Waals surface area contributed by atoms with E-state index in [0.717, 1.165) is 18.4 Å². The fourth-order valence-electron chi connectivity index (χ4n) is 3.25. The van der Waals surface area contributed by atoms with Crippen molar-refractivity contribution in [1.29, 1.82) is 5.26 Å². The van der Waals surface area contributed by atoms with Crippen molar-refractivity contribution < 1.29 is 19.4 Å². The molecule has 35 heavy (non-hydrogen) atoms. The summed E-state index contributed by atoms with van der Waals surface area (Å²) in [5.41, 5.74) is 2.51. The standard InChI is InChI=1S/C27H22Cl2N2O4/c28-23-14-20(13-22(16-30)26(32)31-12-4-7-18-5-2-1-3-6-18)15-24(29)25(23)35-17-19-8-10-21(11-9-19)27(33)34/h1-3,5-6,8-11,13-15H,4,7,12,17H2,(H,31,32)(H,33,34)/b22-13-. The second kappa shape index (κ2) is 12.6. The van der Waals surface area contributed by atoms with Crippen molar-refractivity contribution in [3.05, 3.63) is 105 Å². The number of carbonyl (C=O) groups is 2. The highest BCUT2D eigenvalue weighted by molar-refractivity contribution is 6.37. The van der Waals surface area contributed by atoms with E-state index in [2.05, 4.69) is 5.32 Å². The predicted molar refractivity (Wildman–Crippen MR) is 136 cm³/mol. The van der Waals surface area contributed by atoms with E-state index in [-0.39, 0.29) is 33.5 Å².